The lowest BCUT2D eigenvalue weighted by Crippen LogP contribution is -2.13. The van der Waals surface area contributed by atoms with Crippen LogP contribution < -0.4 is 5.73 Å². The Morgan fingerprint density at radius 1 is 1.37 bits per heavy atom. The van der Waals surface area contributed by atoms with Gasteiger partial charge in [0, 0.05) is 25.4 Å². The first-order valence-corrected chi connectivity index (χ1v) is 7.03. The lowest BCUT2D eigenvalue weighted by molar-refractivity contribution is 0.586. The Bertz CT molecular complexity index is 543. The van der Waals surface area contributed by atoms with E-state index in [2.05, 4.69) is 28.5 Å². The number of nitrogens with zero attached hydrogens (tertiary/aromatic N) is 4. The first kappa shape index (κ1) is 14.1. The summed E-state index contributed by atoms with van der Waals surface area (Å²) in [5.41, 5.74) is 7.59. The second-order valence-corrected chi connectivity index (χ2v) is 4.76. The summed E-state index contributed by atoms with van der Waals surface area (Å²) in [6, 6.07) is 0. The molecule has 5 nitrogen and oxygen atoms in total. The molecule has 0 aliphatic carbocycles. The molecule has 0 aliphatic heterocycles. The van der Waals surface area contributed by atoms with Crippen LogP contribution in [0.5, 0.6) is 0 Å². The number of hydrogen-bond acceptors (Lipinski definition) is 3. The molecule has 19 heavy (non-hydrogen) atoms. The molecule has 0 radical (unpaired) electrons. The van der Waals surface area contributed by atoms with Gasteiger partial charge in [-0.2, -0.15) is 5.10 Å². The highest BCUT2D eigenvalue weighted by Gasteiger charge is 2.15. The molecular formula is C13H20ClN5. The average molecular weight is 282 g/mol. The highest BCUT2D eigenvalue weighted by atomic mass is 35.5. The summed E-state index contributed by atoms with van der Waals surface area (Å²) in [5.74, 6) is 0.987. The smallest absolute Gasteiger partial charge is 0.110 e. The Morgan fingerprint density at radius 3 is 2.79 bits per heavy atom. The molecular weight excluding hydrogens is 262 g/mol. The summed E-state index contributed by atoms with van der Waals surface area (Å²) in [5, 5.41) is 5.30. The Morgan fingerprint density at radius 2 is 2.16 bits per heavy atom. The lowest BCUT2D eigenvalue weighted by Gasteiger charge is -2.09. The van der Waals surface area contributed by atoms with E-state index in [4.69, 9.17) is 17.3 Å². The van der Waals surface area contributed by atoms with Crippen molar-refractivity contribution < 1.29 is 0 Å². The van der Waals surface area contributed by atoms with Crippen LogP contribution in [-0.4, -0.2) is 25.9 Å². The van der Waals surface area contributed by atoms with Crippen molar-refractivity contribution in [3.05, 3.63) is 34.6 Å². The molecule has 2 aromatic heterocycles. The van der Waals surface area contributed by atoms with Crippen molar-refractivity contribution in [1.29, 1.82) is 0 Å². The predicted octanol–water partition coefficient (Wildman–Crippen LogP) is 1.86. The Balaban J connectivity index is 2.32. The van der Waals surface area contributed by atoms with Gasteiger partial charge in [0.2, 0.25) is 0 Å². The predicted molar refractivity (Wildman–Crippen MR) is 76.4 cm³/mol. The lowest BCUT2D eigenvalue weighted by atomic mass is 10.3. The third kappa shape index (κ3) is 2.82. The minimum Gasteiger partial charge on any atom is -0.330 e. The van der Waals surface area contributed by atoms with Gasteiger partial charge >= 0.3 is 0 Å². The largest absolute Gasteiger partial charge is 0.330 e. The highest BCUT2D eigenvalue weighted by molar-refractivity contribution is 6.31. The standard InChI is InChI=1S/C13H20ClN5/c1-3-10-13(14)11(19(4-2)17-10)9-18-8-7-16-12(18)5-6-15/h7-8H,3-6,9,15H2,1-2H3. The zero-order chi connectivity index (χ0) is 13.8. The van der Waals surface area contributed by atoms with E-state index in [1.165, 1.54) is 0 Å². The van der Waals surface area contributed by atoms with Gasteiger partial charge in [-0.3, -0.25) is 4.68 Å². The van der Waals surface area contributed by atoms with Crippen LogP contribution in [0.4, 0.5) is 0 Å². The van der Waals surface area contributed by atoms with E-state index in [-0.39, 0.29) is 0 Å². The summed E-state index contributed by atoms with van der Waals surface area (Å²) in [7, 11) is 0. The molecule has 0 amide bonds. The molecule has 0 saturated heterocycles. The van der Waals surface area contributed by atoms with Gasteiger partial charge in [-0.15, -0.1) is 0 Å². The molecule has 0 spiro atoms. The molecule has 2 aromatic rings. The van der Waals surface area contributed by atoms with Crippen LogP contribution in [0.3, 0.4) is 0 Å². The number of imidazole rings is 1. The number of aromatic nitrogens is 4. The fourth-order valence-electron chi connectivity index (χ4n) is 2.17. The molecule has 0 aliphatic rings. The van der Waals surface area contributed by atoms with Crippen LogP contribution in [0, 0.1) is 0 Å². The van der Waals surface area contributed by atoms with Gasteiger partial charge in [0.15, 0.2) is 0 Å². The zero-order valence-corrected chi connectivity index (χ0v) is 12.2. The van der Waals surface area contributed by atoms with Crippen molar-refractivity contribution in [3.8, 4) is 0 Å². The maximum atomic E-state index is 6.41. The molecule has 0 unspecified atom stereocenters. The summed E-state index contributed by atoms with van der Waals surface area (Å²) in [6.07, 6.45) is 5.37. The maximum Gasteiger partial charge on any atom is 0.110 e. The van der Waals surface area contributed by atoms with Crippen LogP contribution in [0.15, 0.2) is 12.4 Å². The summed E-state index contributed by atoms with van der Waals surface area (Å²) in [6.45, 7) is 6.24. The maximum absolute atomic E-state index is 6.41. The average Bonchev–Trinajstić information content (AvgIpc) is 2.97. The van der Waals surface area contributed by atoms with Crippen molar-refractivity contribution in [2.75, 3.05) is 6.54 Å². The van der Waals surface area contributed by atoms with E-state index in [0.717, 1.165) is 41.6 Å². The second-order valence-electron chi connectivity index (χ2n) is 4.39. The van der Waals surface area contributed by atoms with Crippen molar-refractivity contribution in [1.82, 2.24) is 19.3 Å². The van der Waals surface area contributed by atoms with Gasteiger partial charge in [-0.25, -0.2) is 4.98 Å². The quantitative estimate of drug-likeness (QED) is 0.879. The Kier molecular flexibility index (Phi) is 4.61. The van der Waals surface area contributed by atoms with Crippen molar-refractivity contribution in [2.24, 2.45) is 5.73 Å². The highest BCUT2D eigenvalue weighted by Crippen LogP contribution is 2.22. The third-order valence-corrected chi connectivity index (χ3v) is 3.62. The van der Waals surface area contributed by atoms with E-state index in [9.17, 15) is 0 Å². The third-order valence-electron chi connectivity index (χ3n) is 3.18. The molecule has 2 rings (SSSR count). The SMILES string of the molecule is CCc1nn(CC)c(Cn2ccnc2CCN)c1Cl. The van der Waals surface area contributed by atoms with Crippen LogP contribution >= 0.6 is 11.6 Å². The van der Waals surface area contributed by atoms with Crippen molar-refractivity contribution in [2.45, 2.75) is 39.8 Å². The van der Waals surface area contributed by atoms with Crippen molar-refractivity contribution in [3.63, 3.8) is 0 Å². The van der Waals surface area contributed by atoms with Gasteiger partial charge in [-0.1, -0.05) is 18.5 Å². The molecule has 0 atom stereocenters. The first-order valence-electron chi connectivity index (χ1n) is 6.65. The molecule has 2 N–H and O–H groups in total. The molecule has 0 fully saturated rings. The second kappa shape index (κ2) is 6.21. The molecule has 2 heterocycles. The van der Waals surface area contributed by atoms with Crippen LogP contribution in [-0.2, 0) is 25.9 Å². The van der Waals surface area contributed by atoms with Crippen LogP contribution in [0.1, 0.15) is 31.1 Å². The summed E-state index contributed by atoms with van der Waals surface area (Å²) in [4.78, 5) is 4.32. The minimum atomic E-state index is 0.595. The minimum absolute atomic E-state index is 0.595. The normalized spacial score (nSPS) is 11.2. The monoisotopic (exact) mass is 281 g/mol. The summed E-state index contributed by atoms with van der Waals surface area (Å²) < 4.78 is 4.05. The number of nitrogens with two attached hydrogens (primary N) is 1. The first-order chi connectivity index (χ1) is 9.21. The molecule has 0 saturated carbocycles. The van der Waals surface area contributed by atoms with E-state index >= 15 is 0 Å². The number of hydrogen-bond donors (Lipinski definition) is 1. The van der Waals surface area contributed by atoms with Gasteiger partial charge in [0.1, 0.15) is 5.82 Å². The summed E-state index contributed by atoms with van der Waals surface area (Å²) >= 11 is 6.41. The zero-order valence-electron chi connectivity index (χ0n) is 11.4. The topological polar surface area (TPSA) is 61.7 Å². The van der Waals surface area contributed by atoms with E-state index in [1.54, 1.807) is 6.20 Å². The number of aryl methyl sites for hydroxylation is 2. The molecule has 104 valence electrons. The van der Waals surface area contributed by atoms with Crippen LogP contribution in [0.2, 0.25) is 5.02 Å². The van der Waals surface area contributed by atoms with Crippen molar-refractivity contribution >= 4 is 11.6 Å². The van der Waals surface area contributed by atoms with E-state index in [1.807, 2.05) is 10.9 Å². The van der Waals surface area contributed by atoms with Gasteiger partial charge in [-0.05, 0) is 19.9 Å². The van der Waals surface area contributed by atoms with Crippen LogP contribution in [0.25, 0.3) is 0 Å². The van der Waals surface area contributed by atoms with E-state index < -0.39 is 0 Å². The van der Waals surface area contributed by atoms with Gasteiger partial charge in [0.25, 0.3) is 0 Å². The number of rotatable bonds is 6. The van der Waals surface area contributed by atoms with Gasteiger partial charge < -0.3 is 10.3 Å². The number of halogens is 1. The Labute approximate surface area is 118 Å². The fourth-order valence-corrected chi connectivity index (χ4v) is 2.50. The Hall–Kier alpha value is -1.33. The molecule has 0 aromatic carbocycles. The van der Waals surface area contributed by atoms with Gasteiger partial charge in [0.05, 0.1) is 23.0 Å². The fraction of sp³-hybridized carbons (Fsp3) is 0.538. The molecule has 0 bridgehead atoms. The molecule has 6 heteroatoms. The van der Waals surface area contributed by atoms with E-state index in [0.29, 0.717) is 13.1 Å².